The zero-order valence-electron chi connectivity index (χ0n) is 12.3. The molecular weight excluding hydrogens is 385 g/mol. The molecule has 15 heteroatoms. The lowest BCUT2D eigenvalue weighted by Gasteiger charge is -2.52. The third-order valence-corrected chi connectivity index (χ3v) is 4.97. The number of rotatable bonds is 0. The number of anilines is 3. The van der Waals surface area contributed by atoms with Crippen molar-refractivity contribution in [2.45, 2.75) is 30.3 Å². The summed E-state index contributed by atoms with van der Waals surface area (Å²) in [6.45, 7) is -0.385. The summed E-state index contributed by atoms with van der Waals surface area (Å²) in [6, 6.07) is -1.30. The predicted molar refractivity (Wildman–Crippen MR) is 84.0 cm³/mol. The Morgan fingerprint density at radius 1 is 1.36 bits per heavy atom. The highest BCUT2D eigenvalue weighted by molar-refractivity contribution is 7.47. The molecule has 8 N–H and O–H groups in total. The summed E-state index contributed by atoms with van der Waals surface area (Å²) in [4.78, 5) is 27.5. The van der Waals surface area contributed by atoms with Crippen LogP contribution in [-0.2, 0) is 18.3 Å². The minimum Gasteiger partial charge on any atom is -0.369 e. The Balaban J connectivity index is 0.00000182. The number of hydrogen-bond acceptors (Lipinski definition) is 11. The van der Waals surface area contributed by atoms with Gasteiger partial charge < -0.3 is 36.2 Å². The topological polar surface area (TPSA) is 201 Å². The standard InChI is InChI=1S/C10H14N5O8P.ClH/c11-9-14-6-3(7(16)15-9)12-4-8(13-6)22-2-1-21-24(19,20)23-5(2)10(4,17)18;/h2,4-5,8,12,17-18H,1H2,(H,19,20)(H4,11,13,14,15,16);1H/t2-,4-,5+,8-;/m1./s1. The molecule has 13 nitrogen and oxygen atoms in total. The van der Waals surface area contributed by atoms with Gasteiger partial charge in [-0.1, -0.05) is 0 Å². The van der Waals surface area contributed by atoms with E-state index in [1.165, 1.54) is 0 Å². The lowest BCUT2D eigenvalue weighted by atomic mass is 9.91. The number of H-pyrrole nitrogens is 1. The van der Waals surface area contributed by atoms with E-state index in [9.17, 15) is 24.5 Å². The van der Waals surface area contributed by atoms with Crippen LogP contribution in [0.15, 0.2) is 4.79 Å². The van der Waals surface area contributed by atoms with Crippen molar-refractivity contribution < 1.29 is 33.5 Å². The number of aromatic amines is 1. The summed E-state index contributed by atoms with van der Waals surface area (Å²) < 4.78 is 26.5. The van der Waals surface area contributed by atoms with Crippen LogP contribution in [0.1, 0.15) is 0 Å². The summed E-state index contributed by atoms with van der Waals surface area (Å²) in [5.41, 5.74) is 4.75. The van der Waals surface area contributed by atoms with Crippen molar-refractivity contribution in [3.05, 3.63) is 10.4 Å². The highest BCUT2D eigenvalue weighted by Crippen LogP contribution is 2.52. The zero-order valence-corrected chi connectivity index (χ0v) is 14.0. The average Bonchev–Trinajstić information content (AvgIpc) is 2.47. The number of halogens is 1. The zero-order chi connectivity index (χ0) is 17.3. The fraction of sp³-hybridized carbons (Fsp3) is 0.600. The lowest BCUT2D eigenvalue weighted by Crippen LogP contribution is -2.73. The maximum atomic E-state index is 11.9. The van der Waals surface area contributed by atoms with E-state index >= 15 is 0 Å². The van der Waals surface area contributed by atoms with E-state index in [2.05, 4.69) is 25.1 Å². The molecule has 4 heterocycles. The molecule has 1 unspecified atom stereocenters. The molecular formula is C10H15ClN5O8P. The van der Waals surface area contributed by atoms with Gasteiger partial charge in [0.25, 0.3) is 5.56 Å². The number of nitrogens with one attached hydrogen (secondary N) is 3. The van der Waals surface area contributed by atoms with E-state index in [1.54, 1.807) is 0 Å². The van der Waals surface area contributed by atoms with Gasteiger partial charge in [-0.25, -0.2) is 4.57 Å². The molecule has 5 atom stereocenters. The Hall–Kier alpha value is -1.44. The van der Waals surface area contributed by atoms with Crippen LogP contribution in [0.5, 0.6) is 0 Å². The number of nitrogen functional groups attached to an aromatic ring is 1. The van der Waals surface area contributed by atoms with Gasteiger partial charge in [-0.3, -0.25) is 18.8 Å². The number of nitrogens with two attached hydrogens (primary N) is 1. The van der Waals surface area contributed by atoms with Crippen LogP contribution in [0.2, 0.25) is 0 Å². The van der Waals surface area contributed by atoms with Crippen LogP contribution in [0.25, 0.3) is 0 Å². The van der Waals surface area contributed by atoms with Crippen molar-refractivity contribution in [3.8, 4) is 0 Å². The predicted octanol–water partition coefficient (Wildman–Crippen LogP) is -2.10. The van der Waals surface area contributed by atoms with E-state index in [-0.39, 0.29) is 36.5 Å². The van der Waals surface area contributed by atoms with E-state index in [0.717, 1.165) is 0 Å². The largest absolute Gasteiger partial charge is 0.472 e. The number of aromatic nitrogens is 2. The second kappa shape index (κ2) is 5.79. The molecule has 1 aromatic heterocycles. The van der Waals surface area contributed by atoms with E-state index < -0.39 is 43.6 Å². The molecule has 1 aromatic rings. The van der Waals surface area contributed by atoms with Crippen LogP contribution in [-0.4, -0.2) is 61.9 Å². The quantitative estimate of drug-likeness (QED) is 0.185. The number of hydrogen-bond donors (Lipinski definition) is 7. The van der Waals surface area contributed by atoms with Crippen molar-refractivity contribution >= 4 is 37.7 Å². The summed E-state index contributed by atoms with van der Waals surface area (Å²) in [5, 5.41) is 26.3. The molecule has 3 aliphatic heterocycles. The number of phosphoric ester groups is 1. The maximum absolute atomic E-state index is 11.9. The van der Waals surface area contributed by atoms with Gasteiger partial charge in [0.05, 0.1) is 6.61 Å². The van der Waals surface area contributed by atoms with E-state index in [4.69, 9.17) is 15.0 Å². The Morgan fingerprint density at radius 3 is 2.80 bits per heavy atom. The van der Waals surface area contributed by atoms with Gasteiger partial charge in [0.1, 0.15) is 17.8 Å². The third kappa shape index (κ3) is 2.88. The molecule has 0 saturated carbocycles. The van der Waals surface area contributed by atoms with Crippen molar-refractivity contribution in [1.29, 1.82) is 0 Å². The second-order valence-electron chi connectivity index (χ2n) is 5.61. The van der Waals surface area contributed by atoms with Gasteiger partial charge in [-0.15, -0.1) is 12.4 Å². The highest BCUT2D eigenvalue weighted by atomic mass is 35.5. The fourth-order valence-electron chi connectivity index (χ4n) is 2.94. The summed E-state index contributed by atoms with van der Waals surface area (Å²) >= 11 is 0. The molecule has 3 aliphatic rings. The summed E-state index contributed by atoms with van der Waals surface area (Å²) in [7, 11) is -4.43. The molecule has 0 aliphatic carbocycles. The smallest absolute Gasteiger partial charge is 0.369 e. The number of aliphatic hydroxyl groups is 2. The molecule has 0 spiro atoms. The maximum Gasteiger partial charge on any atom is 0.472 e. The molecule has 140 valence electrons. The average molecular weight is 400 g/mol. The molecule has 0 amide bonds. The molecule has 25 heavy (non-hydrogen) atoms. The normalized spacial score (nSPS) is 38.0. The van der Waals surface area contributed by atoms with Gasteiger partial charge in [-0.05, 0) is 0 Å². The number of phosphoric acid groups is 1. The van der Waals surface area contributed by atoms with Crippen LogP contribution in [0.3, 0.4) is 0 Å². The number of fused-ring (bicyclic) bond motifs is 3. The Labute approximate surface area is 145 Å². The lowest BCUT2D eigenvalue weighted by molar-refractivity contribution is -0.312. The molecule has 4 rings (SSSR count). The molecule has 2 fully saturated rings. The molecule has 0 aromatic carbocycles. The van der Waals surface area contributed by atoms with Gasteiger partial charge in [0, 0.05) is 0 Å². The van der Waals surface area contributed by atoms with Crippen LogP contribution in [0.4, 0.5) is 17.5 Å². The van der Waals surface area contributed by atoms with E-state index in [1.807, 2.05) is 0 Å². The summed E-state index contributed by atoms with van der Waals surface area (Å²) in [5.74, 6) is -2.71. The van der Waals surface area contributed by atoms with Crippen molar-refractivity contribution in [2.24, 2.45) is 0 Å². The van der Waals surface area contributed by atoms with Crippen molar-refractivity contribution in [2.75, 3.05) is 23.0 Å². The monoisotopic (exact) mass is 399 g/mol. The molecule has 2 saturated heterocycles. The van der Waals surface area contributed by atoms with Gasteiger partial charge in [0.15, 0.2) is 18.1 Å². The second-order valence-corrected chi connectivity index (χ2v) is 7.02. The minimum absolute atomic E-state index is 0. The van der Waals surface area contributed by atoms with E-state index in [0.29, 0.717) is 0 Å². The number of nitrogens with zero attached hydrogens (tertiary/aromatic N) is 1. The van der Waals surface area contributed by atoms with Crippen LogP contribution in [0, 0.1) is 0 Å². The van der Waals surface area contributed by atoms with Gasteiger partial charge in [0.2, 0.25) is 11.7 Å². The fourth-order valence-corrected chi connectivity index (χ4v) is 3.92. The molecule has 0 radical (unpaired) electrons. The van der Waals surface area contributed by atoms with Crippen molar-refractivity contribution in [3.63, 3.8) is 0 Å². The number of ether oxygens (including phenoxy) is 1. The molecule has 0 bridgehead atoms. The Kier molecular flexibility index (Phi) is 4.25. The van der Waals surface area contributed by atoms with Gasteiger partial charge in [-0.2, -0.15) is 4.98 Å². The third-order valence-electron chi connectivity index (χ3n) is 4.00. The minimum atomic E-state index is -4.43. The summed E-state index contributed by atoms with van der Waals surface area (Å²) in [6.07, 6.45) is -3.64. The first kappa shape index (κ1) is 18.4. The van der Waals surface area contributed by atoms with Crippen LogP contribution >= 0.6 is 20.2 Å². The van der Waals surface area contributed by atoms with Gasteiger partial charge >= 0.3 is 7.82 Å². The first-order chi connectivity index (χ1) is 11.2. The SMILES string of the molecule is Cl.Nc1nc2c(c(=O)[nH]1)N[C@@H]1[C@H](N2)O[C@@H]2COP(=O)(O)O[C@@H]2C1(O)O. The first-order valence-electron chi connectivity index (χ1n) is 6.86. The highest BCUT2D eigenvalue weighted by Gasteiger charge is 2.61. The van der Waals surface area contributed by atoms with Crippen molar-refractivity contribution in [1.82, 2.24) is 9.97 Å². The first-order valence-corrected chi connectivity index (χ1v) is 8.36. The Morgan fingerprint density at radius 2 is 2.08 bits per heavy atom. The van der Waals surface area contributed by atoms with Crippen LogP contribution < -0.4 is 21.9 Å². The Bertz CT molecular complexity index is 804.